The van der Waals surface area contributed by atoms with Crippen LogP contribution in [0.25, 0.3) is 21.5 Å². The van der Waals surface area contributed by atoms with E-state index in [0.717, 1.165) is 61.8 Å². The van der Waals surface area contributed by atoms with E-state index in [1.54, 1.807) is 0 Å². The van der Waals surface area contributed by atoms with Gasteiger partial charge in [0.2, 0.25) is 13.6 Å². The average molecular weight is 599 g/mol. The summed E-state index contributed by atoms with van der Waals surface area (Å²) in [5.74, 6) is 0.139. The lowest BCUT2D eigenvalue weighted by Crippen LogP contribution is -2.07. The fourth-order valence-corrected chi connectivity index (χ4v) is 4.41. The summed E-state index contributed by atoms with van der Waals surface area (Å²) in [6, 6.07) is 29.3. The Morgan fingerprint density at radius 2 is 1.11 bits per heavy atom. The molecular weight excluding hydrogens is 568 g/mol. The van der Waals surface area contributed by atoms with E-state index in [1.807, 2.05) is 110 Å². The molecule has 0 N–H and O–H groups in total. The second-order valence-electron chi connectivity index (χ2n) is 9.88. The summed E-state index contributed by atoms with van der Waals surface area (Å²) < 4.78 is 20.7. The zero-order valence-electron chi connectivity index (χ0n) is 24.6. The summed E-state index contributed by atoms with van der Waals surface area (Å²) in [7, 11) is 0. The summed E-state index contributed by atoms with van der Waals surface area (Å²) in [5.41, 5.74) is 4.61. The van der Waals surface area contributed by atoms with Gasteiger partial charge in [0, 0.05) is 24.6 Å². The molecule has 0 aliphatic heterocycles. The van der Waals surface area contributed by atoms with Crippen molar-refractivity contribution in [2.45, 2.75) is 6.92 Å². The topological polar surface area (TPSA) is 95.8 Å². The fraction of sp³-hybridized carbons (Fsp3) is 0.0811. The second-order valence-corrected chi connectivity index (χ2v) is 9.88. The third kappa shape index (κ3) is 8.30. The van der Waals surface area contributed by atoms with Crippen LogP contribution < -0.4 is 9.47 Å². The predicted molar refractivity (Wildman–Crippen MR) is 177 cm³/mol. The summed E-state index contributed by atoms with van der Waals surface area (Å²) in [6.45, 7) is 8.37. The van der Waals surface area contributed by atoms with Crippen LogP contribution in [0.5, 0.6) is 11.5 Å². The van der Waals surface area contributed by atoms with Gasteiger partial charge in [0.05, 0.1) is 11.4 Å². The van der Waals surface area contributed by atoms with E-state index in [4.69, 9.17) is 23.9 Å². The quantitative estimate of drug-likeness (QED) is 0.0626. The SMILES string of the molecule is C=CC(=O)OCOc1ccc2cc(C=Nc3ccc(N=Cc4ccc5cc(OCOC(=O)C=C)ccc5c4)c(C)c3)ccc2c1. The highest BCUT2D eigenvalue weighted by atomic mass is 16.7. The Bertz CT molecular complexity index is 1960. The molecule has 0 saturated heterocycles. The molecule has 0 atom stereocenters. The van der Waals surface area contributed by atoms with Crippen molar-refractivity contribution < 1.29 is 28.5 Å². The number of benzene rings is 5. The molecule has 8 nitrogen and oxygen atoms in total. The lowest BCUT2D eigenvalue weighted by molar-refractivity contribution is -0.145. The number of carbonyl (C=O) groups is 2. The predicted octanol–water partition coefficient (Wildman–Crippen LogP) is 7.93. The van der Waals surface area contributed by atoms with E-state index < -0.39 is 11.9 Å². The highest BCUT2D eigenvalue weighted by Gasteiger charge is 2.04. The van der Waals surface area contributed by atoms with Crippen LogP contribution in [-0.2, 0) is 19.1 Å². The summed E-state index contributed by atoms with van der Waals surface area (Å²) in [4.78, 5) is 31.7. The Kier molecular flexibility index (Phi) is 9.77. The lowest BCUT2D eigenvalue weighted by Gasteiger charge is -2.07. The third-order valence-electron chi connectivity index (χ3n) is 6.75. The molecule has 0 bridgehead atoms. The third-order valence-corrected chi connectivity index (χ3v) is 6.75. The molecule has 0 saturated carbocycles. The minimum Gasteiger partial charge on any atom is -0.457 e. The Labute approximate surface area is 260 Å². The maximum Gasteiger partial charge on any atom is 0.333 e. The van der Waals surface area contributed by atoms with Crippen molar-refractivity contribution in [1.82, 2.24) is 0 Å². The molecule has 0 fully saturated rings. The molecule has 5 aromatic carbocycles. The van der Waals surface area contributed by atoms with Crippen LogP contribution in [0.1, 0.15) is 16.7 Å². The first-order chi connectivity index (χ1) is 21.9. The molecule has 45 heavy (non-hydrogen) atoms. The van der Waals surface area contributed by atoms with Gasteiger partial charge in [-0.1, -0.05) is 49.6 Å². The van der Waals surface area contributed by atoms with Gasteiger partial charge in [-0.15, -0.1) is 0 Å². The first-order valence-corrected chi connectivity index (χ1v) is 14.0. The Morgan fingerprint density at radius 1 is 0.622 bits per heavy atom. The second kappa shape index (κ2) is 14.4. The first kappa shape index (κ1) is 30.4. The van der Waals surface area contributed by atoms with Crippen molar-refractivity contribution in [3.8, 4) is 11.5 Å². The molecule has 0 unspecified atom stereocenters. The van der Waals surface area contributed by atoms with Crippen molar-refractivity contribution in [2.24, 2.45) is 9.98 Å². The number of fused-ring (bicyclic) bond motifs is 2. The first-order valence-electron chi connectivity index (χ1n) is 14.0. The number of hydrogen-bond acceptors (Lipinski definition) is 8. The van der Waals surface area contributed by atoms with Crippen LogP contribution in [0.2, 0.25) is 0 Å². The maximum atomic E-state index is 11.2. The van der Waals surface area contributed by atoms with E-state index in [0.29, 0.717) is 11.5 Å². The van der Waals surface area contributed by atoms with Crippen molar-refractivity contribution in [1.29, 1.82) is 0 Å². The van der Waals surface area contributed by atoms with Crippen molar-refractivity contribution in [3.05, 3.63) is 133 Å². The summed E-state index contributed by atoms with van der Waals surface area (Å²) in [5, 5.41) is 4.05. The Balaban J connectivity index is 1.20. The Hall–Kier alpha value is -6.02. The number of aryl methyl sites for hydroxylation is 1. The number of rotatable bonds is 12. The maximum absolute atomic E-state index is 11.2. The smallest absolute Gasteiger partial charge is 0.333 e. The van der Waals surface area contributed by atoms with Gasteiger partial charge in [0.1, 0.15) is 11.5 Å². The van der Waals surface area contributed by atoms with E-state index in [1.165, 1.54) is 0 Å². The molecule has 0 aliphatic carbocycles. The number of nitrogens with zero attached hydrogens (tertiary/aromatic N) is 2. The van der Waals surface area contributed by atoms with Crippen LogP contribution >= 0.6 is 0 Å². The van der Waals surface area contributed by atoms with Crippen LogP contribution in [0.3, 0.4) is 0 Å². The highest BCUT2D eigenvalue weighted by Crippen LogP contribution is 2.26. The van der Waals surface area contributed by atoms with Gasteiger partial charge < -0.3 is 18.9 Å². The molecule has 0 aliphatic rings. The number of carbonyl (C=O) groups excluding carboxylic acids is 2. The Morgan fingerprint density at radius 3 is 1.62 bits per heavy atom. The highest BCUT2D eigenvalue weighted by molar-refractivity contribution is 5.93. The van der Waals surface area contributed by atoms with Gasteiger partial charge in [-0.2, -0.15) is 0 Å². The van der Waals surface area contributed by atoms with Crippen molar-refractivity contribution >= 4 is 57.3 Å². The summed E-state index contributed by atoms with van der Waals surface area (Å²) in [6.07, 6.45) is 5.85. The molecule has 5 aromatic rings. The largest absolute Gasteiger partial charge is 0.457 e. The lowest BCUT2D eigenvalue weighted by atomic mass is 10.1. The molecule has 0 amide bonds. The molecule has 0 aromatic heterocycles. The monoisotopic (exact) mass is 598 g/mol. The van der Waals surface area contributed by atoms with Gasteiger partial charge in [-0.3, -0.25) is 9.98 Å². The normalized spacial score (nSPS) is 11.1. The van der Waals surface area contributed by atoms with Gasteiger partial charge in [-0.25, -0.2) is 9.59 Å². The van der Waals surface area contributed by atoms with Gasteiger partial charge in [0.15, 0.2) is 0 Å². The minimum atomic E-state index is -0.533. The summed E-state index contributed by atoms with van der Waals surface area (Å²) >= 11 is 0. The number of esters is 2. The standard InChI is InChI=1S/C37H30N2O6/c1-4-36(40)44-23-42-33-13-10-28-17-26(6-8-30(28)19-33)21-38-32-12-15-35(25(3)16-32)39-22-27-7-9-31-20-34(14-11-29(31)18-27)43-24-45-37(41)5-2/h4-22H,1-2,23-24H2,3H3. The van der Waals surface area contributed by atoms with Crippen molar-refractivity contribution in [3.63, 3.8) is 0 Å². The minimum absolute atomic E-state index is 0.175. The molecule has 224 valence electrons. The van der Waals surface area contributed by atoms with Crippen LogP contribution in [0.4, 0.5) is 11.4 Å². The zero-order chi connectivity index (χ0) is 31.6. The number of ether oxygens (including phenoxy) is 4. The van der Waals surface area contributed by atoms with E-state index >= 15 is 0 Å². The number of aliphatic imine (C=N–C) groups is 2. The van der Waals surface area contributed by atoms with Crippen molar-refractivity contribution in [2.75, 3.05) is 13.6 Å². The molecule has 0 spiro atoms. The zero-order valence-corrected chi connectivity index (χ0v) is 24.6. The van der Waals surface area contributed by atoms with E-state index in [9.17, 15) is 9.59 Å². The van der Waals surface area contributed by atoms with E-state index in [2.05, 4.69) is 18.2 Å². The van der Waals surface area contributed by atoms with Crippen LogP contribution in [0.15, 0.2) is 126 Å². The average Bonchev–Trinajstić information content (AvgIpc) is 3.06. The van der Waals surface area contributed by atoms with Gasteiger partial charge in [0.25, 0.3) is 0 Å². The van der Waals surface area contributed by atoms with Gasteiger partial charge >= 0.3 is 11.9 Å². The molecule has 8 heteroatoms. The van der Waals surface area contributed by atoms with E-state index in [-0.39, 0.29) is 13.6 Å². The van der Waals surface area contributed by atoms with Gasteiger partial charge in [-0.05, 0) is 99.8 Å². The number of hydrogen-bond donors (Lipinski definition) is 0. The molecule has 0 heterocycles. The van der Waals surface area contributed by atoms with Crippen LogP contribution in [0, 0.1) is 6.92 Å². The molecule has 0 radical (unpaired) electrons. The fourth-order valence-electron chi connectivity index (χ4n) is 4.41. The molecular formula is C37H30N2O6. The van der Waals surface area contributed by atoms with Crippen LogP contribution in [-0.4, -0.2) is 38.0 Å². The molecule has 5 rings (SSSR count).